The lowest BCUT2D eigenvalue weighted by Gasteiger charge is -2.06. The molecule has 70 valence electrons. The van der Waals surface area contributed by atoms with Crippen LogP contribution >= 0.6 is 11.6 Å². The number of carboxylic acid groups (broad SMARTS) is 1. The minimum Gasteiger partial charge on any atom is -0.478 e. The fraction of sp³-hybridized carbons (Fsp3) is 0.222. The summed E-state index contributed by atoms with van der Waals surface area (Å²) in [6.45, 7) is 3.15. The van der Waals surface area contributed by atoms with Crippen LogP contribution in [-0.4, -0.2) is 11.1 Å². The molecule has 1 N–H and O–H groups in total. The number of rotatable bonds is 1. The topological polar surface area (TPSA) is 37.3 Å². The molecule has 0 fully saturated rings. The molecule has 0 aromatic heterocycles. The Labute approximate surface area is 80.0 Å². The number of halogens is 2. The van der Waals surface area contributed by atoms with Gasteiger partial charge in [0, 0.05) is 5.02 Å². The van der Waals surface area contributed by atoms with Crippen molar-refractivity contribution in [3.63, 3.8) is 0 Å². The van der Waals surface area contributed by atoms with Crippen LogP contribution in [0.2, 0.25) is 5.02 Å². The van der Waals surface area contributed by atoms with E-state index >= 15 is 0 Å². The second-order valence-corrected chi connectivity index (χ2v) is 3.18. The highest BCUT2D eigenvalue weighted by Gasteiger charge is 2.16. The van der Waals surface area contributed by atoms with Crippen molar-refractivity contribution in [1.29, 1.82) is 0 Å². The van der Waals surface area contributed by atoms with Crippen LogP contribution in [0.4, 0.5) is 4.39 Å². The van der Waals surface area contributed by atoms with Gasteiger partial charge in [-0.05, 0) is 31.0 Å². The van der Waals surface area contributed by atoms with Crippen LogP contribution < -0.4 is 0 Å². The molecule has 1 aromatic carbocycles. The van der Waals surface area contributed by atoms with Crippen LogP contribution in [-0.2, 0) is 0 Å². The molecule has 0 saturated heterocycles. The Bertz CT molecular complexity index is 374. The molecular weight excluding hydrogens is 195 g/mol. The van der Waals surface area contributed by atoms with Crippen LogP contribution in [0, 0.1) is 19.7 Å². The van der Waals surface area contributed by atoms with Gasteiger partial charge in [0.2, 0.25) is 0 Å². The first-order valence-electron chi connectivity index (χ1n) is 3.63. The summed E-state index contributed by atoms with van der Waals surface area (Å²) < 4.78 is 13.3. The normalized spacial score (nSPS) is 10.2. The van der Waals surface area contributed by atoms with Gasteiger partial charge in [-0.1, -0.05) is 11.6 Å². The quantitative estimate of drug-likeness (QED) is 0.761. The van der Waals surface area contributed by atoms with E-state index in [0.717, 1.165) is 6.07 Å². The molecule has 4 heteroatoms. The Balaban J connectivity index is 3.50. The highest BCUT2D eigenvalue weighted by Crippen LogP contribution is 2.24. The van der Waals surface area contributed by atoms with Crippen molar-refractivity contribution in [3.05, 3.63) is 33.6 Å². The average Bonchev–Trinajstić information content (AvgIpc) is 2.07. The molecule has 0 amide bonds. The maximum atomic E-state index is 13.3. The fourth-order valence-corrected chi connectivity index (χ4v) is 1.25. The molecule has 2 nitrogen and oxygen atoms in total. The number of aromatic carboxylic acids is 1. The van der Waals surface area contributed by atoms with E-state index < -0.39 is 11.8 Å². The Hall–Kier alpha value is -1.09. The predicted octanol–water partition coefficient (Wildman–Crippen LogP) is 2.79. The zero-order valence-electron chi connectivity index (χ0n) is 7.19. The van der Waals surface area contributed by atoms with Crippen molar-refractivity contribution in [2.45, 2.75) is 13.8 Å². The lowest BCUT2D eigenvalue weighted by atomic mass is 10.1. The Kier molecular flexibility index (Phi) is 2.57. The van der Waals surface area contributed by atoms with E-state index in [4.69, 9.17) is 16.7 Å². The predicted molar refractivity (Wildman–Crippen MR) is 47.8 cm³/mol. The zero-order chi connectivity index (χ0) is 10.2. The molecule has 0 heterocycles. The summed E-state index contributed by atoms with van der Waals surface area (Å²) in [5, 5.41) is 8.88. The van der Waals surface area contributed by atoms with Crippen LogP contribution in [0.15, 0.2) is 6.07 Å². The summed E-state index contributed by atoms with van der Waals surface area (Å²) in [6, 6.07) is 1.13. The minimum atomic E-state index is -1.30. The van der Waals surface area contributed by atoms with Gasteiger partial charge < -0.3 is 5.11 Å². The van der Waals surface area contributed by atoms with E-state index in [1.54, 1.807) is 6.92 Å². The van der Waals surface area contributed by atoms with E-state index in [9.17, 15) is 9.18 Å². The first-order valence-corrected chi connectivity index (χ1v) is 4.01. The first-order chi connectivity index (χ1) is 5.95. The average molecular weight is 203 g/mol. The molecule has 0 saturated carbocycles. The van der Waals surface area contributed by atoms with Crippen molar-refractivity contribution in [2.75, 3.05) is 0 Å². The van der Waals surface area contributed by atoms with Crippen molar-refractivity contribution in [3.8, 4) is 0 Å². The molecule has 0 aliphatic rings. The van der Waals surface area contributed by atoms with Gasteiger partial charge in [-0.25, -0.2) is 9.18 Å². The smallest absolute Gasteiger partial charge is 0.338 e. The van der Waals surface area contributed by atoms with Gasteiger partial charge in [0.05, 0.1) is 5.56 Å². The Morgan fingerprint density at radius 3 is 2.46 bits per heavy atom. The summed E-state index contributed by atoms with van der Waals surface area (Å²) >= 11 is 5.71. The van der Waals surface area contributed by atoms with Crippen molar-refractivity contribution >= 4 is 17.6 Å². The summed E-state index contributed by atoms with van der Waals surface area (Å²) in [4.78, 5) is 10.5. The molecular formula is C9H8ClFO2. The van der Waals surface area contributed by atoms with Crippen molar-refractivity contribution < 1.29 is 14.3 Å². The molecule has 13 heavy (non-hydrogen) atoms. The molecule has 0 atom stereocenters. The maximum Gasteiger partial charge on any atom is 0.338 e. The SMILES string of the molecule is Cc1c(Cl)cc(C(=O)O)c(F)c1C. The van der Waals surface area contributed by atoms with Gasteiger partial charge in [0.1, 0.15) is 5.82 Å². The van der Waals surface area contributed by atoms with Gasteiger partial charge in [0.15, 0.2) is 0 Å². The van der Waals surface area contributed by atoms with Gasteiger partial charge in [-0.3, -0.25) is 0 Å². The largest absolute Gasteiger partial charge is 0.478 e. The molecule has 0 bridgehead atoms. The Morgan fingerprint density at radius 2 is 2.00 bits per heavy atom. The van der Waals surface area contributed by atoms with E-state index in [1.807, 2.05) is 0 Å². The number of hydrogen-bond donors (Lipinski definition) is 1. The number of carbonyl (C=O) groups is 1. The third kappa shape index (κ3) is 1.65. The third-order valence-corrected chi connectivity index (χ3v) is 2.38. The summed E-state index contributed by atoms with van der Waals surface area (Å²) in [7, 11) is 0. The lowest BCUT2D eigenvalue weighted by molar-refractivity contribution is 0.0691. The van der Waals surface area contributed by atoms with Gasteiger partial charge in [-0.2, -0.15) is 0 Å². The van der Waals surface area contributed by atoms with Crippen molar-refractivity contribution in [1.82, 2.24) is 0 Å². The highest BCUT2D eigenvalue weighted by atomic mass is 35.5. The van der Waals surface area contributed by atoms with Gasteiger partial charge in [0.25, 0.3) is 0 Å². The van der Waals surface area contributed by atoms with Crippen LogP contribution in [0.3, 0.4) is 0 Å². The molecule has 0 aliphatic carbocycles. The monoisotopic (exact) mass is 202 g/mol. The molecule has 1 aromatic rings. The lowest BCUT2D eigenvalue weighted by Crippen LogP contribution is -2.03. The maximum absolute atomic E-state index is 13.3. The second-order valence-electron chi connectivity index (χ2n) is 2.78. The highest BCUT2D eigenvalue weighted by molar-refractivity contribution is 6.31. The van der Waals surface area contributed by atoms with Gasteiger partial charge in [-0.15, -0.1) is 0 Å². The summed E-state index contributed by atoms with van der Waals surface area (Å²) in [5.74, 6) is -2.02. The molecule has 1 rings (SSSR count). The zero-order valence-corrected chi connectivity index (χ0v) is 7.94. The van der Waals surface area contributed by atoms with E-state index in [0.29, 0.717) is 5.56 Å². The standard InChI is InChI=1S/C9H8ClFO2/c1-4-5(2)8(11)6(9(12)13)3-7(4)10/h3H,1-2H3,(H,12,13). The minimum absolute atomic E-state index is 0.274. The third-order valence-electron chi connectivity index (χ3n) is 1.99. The van der Waals surface area contributed by atoms with Crippen LogP contribution in [0.1, 0.15) is 21.5 Å². The molecule has 0 aliphatic heterocycles. The second kappa shape index (κ2) is 3.34. The number of benzene rings is 1. The Morgan fingerprint density at radius 1 is 1.46 bits per heavy atom. The van der Waals surface area contributed by atoms with Crippen LogP contribution in [0.5, 0.6) is 0 Å². The number of hydrogen-bond acceptors (Lipinski definition) is 1. The number of carboxylic acids is 1. The van der Waals surface area contributed by atoms with Crippen LogP contribution in [0.25, 0.3) is 0 Å². The first kappa shape index (κ1) is 9.99. The fourth-order valence-electron chi connectivity index (χ4n) is 1.000. The van der Waals surface area contributed by atoms with Gasteiger partial charge >= 0.3 is 5.97 Å². The van der Waals surface area contributed by atoms with Crippen molar-refractivity contribution in [2.24, 2.45) is 0 Å². The van der Waals surface area contributed by atoms with E-state index in [-0.39, 0.29) is 16.1 Å². The molecule has 0 radical (unpaired) electrons. The summed E-state index contributed by atoms with van der Waals surface area (Å²) in [5.41, 5.74) is 0.474. The molecule has 0 unspecified atom stereocenters. The summed E-state index contributed by atoms with van der Waals surface area (Å²) in [6.07, 6.45) is 0. The molecule has 0 spiro atoms. The van der Waals surface area contributed by atoms with E-state index in [1.165, 1.54) is 6.92 Å². The van der Waals surface area contributed by atoms with E-state index in [2.05, 4.69) is 0 Å².